The van der Waals surface area contributed by atoms with Crippen molar-refractivity contribution < 1.29 is 23.5 Å². The molecule has 33 heavy (non-hydrogen) atoms. The Morgan fingerprint density at radius 2 is 1.91 bits per heavy atom. The van der Waals surface area contributed by atoms with Gasteiger partial charge in [0.25, 0.3) is 5.91 Å². The van der Waals surface area contributed by atoms with Crippen molar-refractivity contribution in [1.82, 2.24) is 5.32 Å². The van der Waals surface area contributed by atoms with Gasteiger partial charge in [0.2, 0.25) is 5.91 Å². The molecule has 7 heteroatoms. The summed E-state index contributed by atoms with van der Waals surface area (Å²) in [5, 5.41) is 2.70. The van der Waals surface area contributed by atoms with Crippen molar-refractivity contribution in [2.24, 2.45) is 17.6 Å². The SMILES string of the molecule is CNC(=O)C(Oc1ccc2c(c1)CCC(c1cccc(F)c1C)O2)C1CCC(C(N)=O)CC1. The highest BCUT2D eigenvalue weighted by Crippen LogP contribution is 2.39. The maximum absolute atomic E-state index is 14.0. The number of nitrogens with two attached hydrogens (primary N) is 1. The molecule has 1 aliphatic carbocycles. The molecule has 176 valence electrons. The summed E-state index contributed by atoms with van der Waals surface area (Å²) in [4.78, 5) is 24.1. The molecule has 0 bridgehead atoms. The second-order valence-corrected chi connectivity index (χ2v) is 9.04. The van der Waals surface area contributed by atoms with Crippen LogP contribution in [0.2, 0.25) is 0 Å². The number of primary amides is 1. The molecular weight excluding hydrogens is 423 g/mol. The Balaban J connectivity index is 1.47. The first-order valence-electron chi connectivity index (χ1n) is 11.6. The minimum Gasteiger partial charge on any atom is -0.485 e. The highest BCUT2D eigenvalue weighted by molar-refractivity contribution is 5.81. The Hall–Kier alpha value is -3.09. The van der Waals surface area contributed by atoms with Gasteiger partial charge in [-0.2, -0.15) is 0 Å². The fourth-order valence-corrected chi connectivity index (χ4v) is 4.99. The molecule has 2 atom stereocenters. The number of aryl methyl sites for hydroxylation is 1. The largest absolute Gasteiger partial charge is 0.485 e. The molecule has 1 saturated carbocycles. The Kier molecular flexibility index (Phi) is 6.86. The summed E-state index contributed by atoms with van der Waals surface area (Å²) < 4.78 is 26.4. The molecule has 1 fully saturated rings. The van der Waals surface area contributed by atoms with E-state index >= 15 is 0 Å². The van der Waals surface area contributed by atoms with Gasteiger partial charge in [-0.1, -0.05) is 12.1 Å². The normalized spacial score (nSPS) is 23.1. The number of carbonyl (C=O) groups excluding carboxylic acids is 2. The second kappa shape index (κ2) is 9.81. The molecule has 0 saturated heterocycles. The fourth-order valence-electron chi connectivity index (χ4n) is 4.99. The van der Waals surface area contributed by atoms with Crippen LogP contribution in [0.25, 0.3) is 0 Å². The van der Waals surface area contributed by atoms with Crippen molar-refractivity contribution in [3.8, 4) is 11.5 Å². The topological polar surface area (TPSA) is 90.7 Å². The van der Waals surface area contributed by atoms with Gasteiger partial charge in [0.15, 0.2) is 6.10 Å². The number of nitrogens with one attached hydrogen (secondary N) is 1. The van der Waals surface area contributed by atoms with Crippen LogP contribution in [0.5, 0.6) is 11.5 Å². The van der Waals surface area contributed by atoms with Crippen LogP contribution in [-0.2, 0) is 16.0 Å². The van der Waals surface area contributed by atoms with Crippen molar-refractivity contribution in [2.75, 3.05) is 7.05 Å². The number of halogens is 1. The molecule has 1 aliphatic heterocycles. The van der Waals surface area contributed by atoms with Gasteiger partial charge < -0.3 is 20.5 Å². The van der Waals surface area contributed by atoms with Crippen molar-refractivity contribution in [3.05, 3.63) is 58.9 Å². The number of likely N-dealkylation sites (N-methyl/N-ethyl adjacent to an activating group) is 1. The molecule has 1 heterocycles. The predicted octanol–water partition coefficient (Wildman–Crippen LogP) is 3.99. The quantitative estimate of drug-likeness (QED) is 0.691. The van der Waals surface area contributed by atoms with Gasteiger partial charge in [0.05, 0.1) is 0 Å². The zero-order valence-electron chi connectivity index (χ0n) is 19.1. The number of hydrogen-bond acceptors (Lipinski definition) is 4. The first-order valence-corrected chi connectivity index (χ1v) is 11.6. The number of benzene rings is 2. The van der Waals surface area contributed by atoms with Crippen molar-refractivity contribution in [1.29, 1.82) is 0 Å². The molecule has 0 radical (unpaired) electrons. The molecule has 2 amide bonds. The smallest absolute Gasteiger partial charge is 0.261 e. The van der Waals surface area contributed by atoms with E-state index in [4.69, 9.17) is 15.2 Å². The van der Waals surface area contributed by atoms with E-state index in [0.29, 0.717) is 37.0 Å². The number of ether oxygens (including phenoxy) is 2. The molecule has 0 spiro atoms. The van der Waals surface area contributed by atoms with Crippen molar-refractivity contribution >= 4 is 11.8 Å². The minimum atomic E-state index is -0.630. The Bertz CT molecular complexity index is 1030. The second-order valence-electron chi connectivity index (χ2n) is 9.04. The predicted molar refractivity (Wildman–Crippen MR) is 122 cm³/mol. The molecule has 2 unspecified atom stereocenters. The summed E-state index contributed by atoms with van der Waals surface area (Å²) in [5.74, 6) is 0.593. The molecule has 2 aromatic carbocycles. The van der Waals surface area contributed by atoms with Gasteiger partial charge in [-0.15, -0.1) is 0 Å². The average molecular weight is 455 g/mol. The lowest BCUT2D eigenvalue weighted by Gasteiger charge is -2.32. The Labute approximate surface area is 193 Å². The summed E-state index contributed by atoms with van der Waals surface area (Å²) in [7, 11) is 1.60. The first kappa shape index (κ1) is 23.1. The lowest BCUT2D eigenvalue weighted by Crippen LogP contribution is -2.44. The zero-order chi connectivity index (χ0) is 23.5. The van der Waals surface area contributed by atoms with Crippen LogP contribution in [-0.4, -0.2) is 25.0 Å². The number of fused-ring (bicyclic) bond motifs is 1. The molecule has 4 rings (SSSR count). The molecule has 3 N–H and O–H groups in total. The summed E-state index contributed by atoms with van der Waals surface area (Å²) in [6.45, 7) is 1.77. The van der Waals surface area contributed by atoms with Crippen LogP contribution < -0.4 is 20.5 Å². The number of hydrogen-bond donors (Lipinski definition) is 2. The Morgan fingerprint density at radius 1 is 1.15 bits per heavy atom. The van der Waals surface area contributed by atoms with Crippen LogP contribution in [0.4, 0.5) is 4.39 Å². The third-order valence-electron chi connectivity index (χ3n) is 7.00. The van der Waals surface area contributed by atoms with Gasteiger partial charge in [0, 0.05) is 18.9 Å². The van der Waals surface area contributed by atoms with Crippen LogP contribution in [0.15, 0.2) is 36.4 Å². The van der Waals surface area contributed by atoms with Crippen LogP contribution >= 0.6 is 0 Å². The lowest BCUT2D eigenvalue weighted by atomic mass is 9.79. The van der Waals surface area contributed by atoms with E-state index in [2.05, 4.69) is 5.32 Å². The average Bonchev–Trinajstić information content (AvgIpc) is 2.83. The third-order valence-corrected chi connectivity index (χ3v) is 7.00. The van der Waals surface area contributed by atoms with Crippen molar-refractivity contribution in [3.63, 3.8) is 0 Å². The van der Waals surface area contributed by atoms with E-state index in [9.17, 15) is 14.0 Å². The lowest BCUT2D eigenvalue weighted by molar-refractivity contribution is -0.131. The molecular formula is C26H31FN2O4. The van der Waals surface area contributed by atoms with E-state index < -0.39 is 6.10 Å². The van der Waals surface area contributed by atoms with E-state index in [1.165, 1.54) is 6.07 Å². The third kappa shape index (κ3) is 4.97. The van der Waals surface area contributed by atoms with Crippen LogP contribution in [0.3, 0.4) is 0 Å². The van der Waals surface area contributed by atoms with E-state index in [0.717, 1.165) is 29.7 Å². The highest BCUT2D eigenvalue weighted by Gasteiger charge is 2.35. The molecule has 2 aromatic rings. The summed E-state index contributed by atoms with van der Waals surface area (Å²) in [6, 6.07) is 10.7. The molecule has 0 aromatic heterocycles. The Morgan fingerprint density at radius 3 is 2.61 bits per heavy atom. The standard InChI is InChI=1S/C26H31FN2O4/c1-15-20(4-3-5-21(15)27)23-12-10-18-14-19(11-13-22(18)33-23)32-24(26(31)29-2)16-6-8-17(9-7-16)25(28)30/h3-5,11,13-14,16-17,23-24H,6-10,12H2,1-2H3,(H2,28,30)(H,29,31). The number of rotatable bonds is 6. The van der Waals surface area contributed by atoms with Gasteiger partial charge in [-0.05, 0) is 86.4 Å². The first-order chi connectivity index (χ1) is 15.9. The van der Waals surface area contributed by atoms with E-state index in [1.807, 2.05) is 24.3 Å². The monoisotopic (exact) mass is 454 g/mol. The fraction of sp³-hybridized carbons (Fsp3) is 0.462. The van der Waals surface area contributed by atoms with E-state index in [1.54, 1.807) is 20.0 Å². The zero-order valence-corrected chi connectivity index (χ0v) is 19.1. The summed E-state index contributed by atoms with van der Waals surface area (Å²) in [5.41, 5.74) is 7.93. The summed E-state index contributed by atoms with van der Waals surface area (Å²) in [6.07, 6.45) is 3.46. The highest BCUT2D eigenvalue weighted by atomic mass is 19.1. The van der Waals surface area contributed by atoms with Gasteiger partial charge in [-0.25, -0.2) is 4.39 Å². The molecule has 2 aliphatic rings. The van der Waals surface area contributed by atoms with Crippen LogP contribution in [0, 0.1) is 24.6 Å². The van der Waals surface area contributed by atoms with E-state index in [-0.39, 0.29) is 35.6 Å². The number of carbonyl (C=O) groups is 2. The van der Waals surface area contributed by atoms with Gasteiger partial charge >= 0.3 is 0 Å². The van der Waals surface area contributed by atoms with Gasteiger partial charge in [0.1, 0.15) is 23.4 Å². The summed E-state index contributed by atoms with van der Waals surface area (Å²) >= 11 is 0. The molecule has 6 nitrogen and oxygen atoms in total. The van der Waals surface area contributed by atoms with Crippen molar-refractivity contribution in [2.45, 2.75) is 57.7 Å². The minimum absolute atomic E-state index is 0.0214. The maximum atomic E-state index is 14.0. The van der Waals surface area contributed by atoms with Gasteiger partial charge in [-0.3, -0.25) is 9.59 Å². The number of amides is 2. The maximum Gasteiger partial charge on any atom is 0.261 e. The van der Waals surface area contributed by atoms with Crippen LogP contribution in [0.1, 0.15) is 54.9 Å².